The lowest BCUT2D eigenvalue weighted by atomic mass is 9.92. The van der Waals surface area contributed by atoms with Gasteiger partial charge < -0.3 is 5.11 Å². The van der Waals surface area contributed by atoms with Crippen molar-refractivity contribution in [1.29, 1.82) is 0 Å². The first-order valence-electron chi connectivity index (χ1n) is 6.79. The molecule has 0 unspecified atom stereocenters. The van der Waals surface area contributed by atoms with Gasteiger partial charge in [0.15, 0.2) is 0 Å². The lowest BCUT2D eigenvalue weighted by molar-refractivity contribution is -0.140. The average molecular weight is 286 g/mol. The summed E-state index contributed by atoms with van der Waals surface area (Å²) in [6.45, 7) is 0. The summed E-state index contributed by atoms with van der Waals surface area (Å²) in [6.07, 6.45) is -0.805. The van der Waals surface area contributed by atoms with Crippen molar-refractivity contribution in [2.75, 3.05) is 0 Å². The summed E-state index contributed by atoms with van der Waals surface area (Å²) in [5.74, 6) is -0.873. The van der Waals surface area contributed by atoms with Crippen molar-refractivity contribution >= 4 is 5.97 Å². The highest BCUT2D eigenvalue weighted by Gasteiger charge is 2.34. The zero-order chi connectivity index (χ0) is 14.8. The Bertz CT molecular complexity index is 488. The molecule has 1 saturated carbocycles. The fourth-order valence-corrected chi connectivity index (χ4v) is 2.83. The summed E-state index contributed by atoms with van der Waals surface area (Å²) in [7, 11) is 0. The molecule has 1 aromatic rings. The molecule has 20 heavy (non-hydrogen) atoms. The average Bonchev–Trinajstić information content (AvgIpc) is 2.88. The Labute approximate surface area is 115 Å². The van der Waals surface area contributed by atoms with Gasteiger partial charge in [-0.3, -0.25) is 4.79 Å². The molecule has 1 aliphatic carbocycles. The molecule has 0 spiro atoms. The first-order valence-corrected chi connectivity index (χ1v) is 6.79. The topological polar surface area (TPSA) is 37.3 Å². The van der Waals surface area contributed by atoms with E-state index in [1.807, 2.05) is 0 Å². The molecule has 0 aliphatic heterocycles. The summed E-state index contributed by atoms with van der Waals surface area (Å²) < 4.78 is 39.3. The van der Waals surface area contributed by atoms with E-state index in [1.54, 1.807) is 6.07 Å². The Kier molecular flexibility index (Phi) is 4.35. The number of alkyl halides is 3. The summed E-state index contributed by atoms with van der Waals surface area (Å²) in [5.41, 5.74) is 0.124. The maximum Gasteiger partial charge on any atom is 0.416 e. The van der Waals surface area contributed by atoms with Crippen LogP contribution in [-0.4, -0.2) is 11.1 Å². The van der Waals surface area contributed by atoms with Gasteiger partial charge in [0.05, 0.1) is 5.56 Å². The van der Waals surface area contributed by atoms with E-state index >= 15 is 0 Å². The van der Waals surface area contributed by atoms with Gasteiger partial charge in [-0.1, -0.05) is 25.0 Å². The molecule has 1 fully saturated rings. The number of aryl methyl sites for hydroxylation is 1. The van der Waals surface area contributed by atoms with Gasteiger partial charge in [0.1, 0.15) is 0 Å². The van der Waals surface area contributed by atoms with E-state index in [-0.39, 0.29) is 24.3 Å². The summed E-state index contributed by atoms with van der Waals surface area (Å²) in [4.78, 5) is 10.5. The van der Waals surface area contributed by atoms with Crippen molar-refractivity contribution in [3.05, 3.63) is 34.9 Å². The van der Waals surface area contributed by atoms with Crippen LogP contribution < -0.4 is 0 Å². The second-order valence-corrected chi connectivity index (χ2v) is 5.29. The van der Waals surface area contributed by atoms with E-state index in [2.05, 4.69) is 0 Å². The molecule has 0 aromatic heterocycles. The van der Waals surface area contributed by atoms with E-state index < -0.39 is 17.7 Å². The van der Waals surface area contributed by atoms with E-state index in [1.165, 1.54) is 12.1 Å². The lowest BCUT2D eigenvalue weighted by Crippen LogP contribution is -2.12. The monoisotopic (exact) mass is 286 g/mol. The number of halogens is 3. The normalized spacial score (nSPS) is 16.6. The molecule has 0 radical (unpaired) electrons. The van der Waals surface area contributed by atoms with Gasteiger partial charge in [0, 0.05) is 6.42 Å². The van der Waals surface area contributed by atoms with E-state index in [4.69, 9.17) is 5.11 Å². The number of carbonyl (C=O) groups is 1. The standard InChI is InChI=1S/C15H17F3O2/c16-15(17,18)13-9-12(10-3-1-2-4-10)6-5-11(13)7-8-14(19)20/h5-6,9-10H,1-4,7-8H2,(H,19,20). The van der Waals surface area contributed by atoms with E-state index in [9.17, 15) is 18.0 Å². The fraction of sp³-hybridized carbons (Fsp3) is 0.533. The van der Waals surface area contributed by atoms with Crippen LogP contribution in [0.3, 0.4) is 0 Å². The van der Waals surface area contributed by atoms with Gasteiger partial charge in [-0.25, -0.2) is 0 Å². The highest BCUT2D eigenvalue weighted by molar-refractivity contribution is 5.67. The SMILES string of the molecule is O=C(O)CCc1ccc(C2CCCC2)cc1C(F)(F)F. The zero-order valence-electron chi connectivity index (χ0n) is 11.0. The van der Waals surface area contributed by atoms with Crippen LogP contribution in [0.15, 0.2) is 18.2 Å². The Balaban J connectivity index is 2.29. The lowest BCUT2D eigenvalue weighted by Gasteiger charge is -2.17. The van der Waals surface area contributed by atoms with Gasteiger partial charge in [-0.05, 0) is 42.4 Å². The quantitative estimate of drug-likeness (QED) is 0.891. The molecule has 1 N–H and O–H groups in total. The van der Waals surface area contributed by atoms with Crippen molar-refractivity contribution in [2.24, 2.45) is 0 Å². The smallest absolute Gasteiger partial charge is 0.416 e. The Morgan fingerprint density at radius 2 is 1.90 bits per heavy atom. The van der Waals surface area contributed by atoms with Gasteiger partial charge in [-0.2, -0.15) is 13.2 Å². The minimum Gasteiger partial charge on any atom is -0.481 e. The van der Waals surface area contributed by atoms with Crippen molar-refractivity contribution in [3.8, 4) is 0 Å². The maximum atomic E-state index is 13.1. The number of carboxylic acids is 1. The minimum atomic E-state index is -4.43. The fourth-order valence-electron chi connectivity index (χ4n) is 2.83. The van der Waals surface area contributed by atoms with Crippen LogP contribution in [0.5, 0.6) is 0 Å². The molecular formula is C15H17F3O2. The van der Waals surface area contributed by atoms with Crippen molar-refractivity contribution < 1.29 is 23.1 Å². The van der Waals surface area contributed by atoms with Crippen LogP contribution in [-0.2, 0) is 17.4 Å². The number of hydrogen-bond donors (Lipinski definition) is 1. The Morgan fingerprint density at radius 3 is 2.45 bits per heavy atom. The summed E-state index contributed by atoms with van der Waals surface area (Å²) in [6, 6.07) is 4.38. The van der Waals surface area contributed by atoms with Crippen LogP contribution in [0.4, 0.5) is 13.2 Å². The summed E-state index contributed by atoms with van der Waals surface area (Å²) >= 11 is 0. The van der Waals surface area contributed by atoms with Crippen molar-refractivity contribution in [3.63, 3.8) is 0 Å². The van der Waals surface area contributed by atoms with Crippen molar-refractivity contribution in [2.45, 2.75) is 50.6 Å². The largest absolute Gasteiger partial charge is 0.481 e. The Morgan fingerprint density at radius 1 is 1.25 bits per heavy atom. The van der Waals surface area contributed by atoms with Crippen LogP contribution in [0.25, 0.3) is 0 Å². The number of rotatable bonds is 4. The second kappa shape index (κ2) is 5.85. The van der Waals surface area contributed by atoms with Gasteiger partial charge >= 0.3 is 12.1 Å². The number of benzene rings is 1. The number of carboxylic acid groups (broad SMARTS) is 1. The second-order valence-electron chi connectivity index (χ2n) is 5.29. The third kappa shape index (κ3) is 3.52. The van der Waals surface area contributed by atoms with E-state index in [0.29, 0.717) is 0 Å². The number of hydrogen-bond acceptors (Lipinski definition) is 1. The van der Waals surface area contributed by atoms with Crippen LogP contribution in [0, 0.1) is 0 Å². The molecule has 2 rings (SSSR count). The minimum absolute atomic E-state index is 0.0710. The molecule has 1 aromatic carbocycles. The van der Waals surface area contributed by atoms with Gasteiger partial charge in [-0.15, -0.1) is 0 Å². The molecular weight excluding hydrogens is 269 g/mol. The van der Waals surface area contributed by atoms with Gasteiger partial charge in [0.2, 0.25) is 0 Å². The summed E-state index contributed by atoms with van der Waals surface area (Å²) in [5, 5.41) is 8.61. The van der Waals surface area contributed by atoms with Crippen molar-refractivity contribution in [1.82, 2.24) is 0 Å². The van der Waals surface area contributed by atoms with E-state index in [0.717, 1.165) is 31.2 Å². The predicted molar refractivity (Wildman–Crippen MR) is 68.6 cm³/mol. The highest BCUT2D eigenvalue weighted by atomic mass is 19.4. The molecule has 1 aliphatic rings. The molecule has 0 heterocycles. The molecule has 0 saturated heterocycles. The highest BCUT2D eigenvalue weighted by Crippen LogP contribution is 2.39. The molecule has 110 valence electrons. The third-order valence-corrected chi connectivity index (χ3v) is 3.87. The maximum absolute atomic E-state index is 13.1. The molecule has 0 amide bonds. The predicted octanol–water partition coefficient (Wildman–Crippen LogP) is 4.38. The first kappa shape index (κ1) is 14.9. The van der Waals surface area contributed by atoms with Crippen LogP contribution in [0.1, 0.15) is 54.7 Å². The molecule has 5 heteroatoms. The first-order chi connectivity index (χ1) is 9.38. The molecule has 0 bridgehead atoms. The van der Waals surface area contributed by atoms with Gasteiger partial charge in [0.25, 0.3) is 0 Å². The third-order valence-electron chi connectivity index (χ3n) is 3.87. The zero-order valence-corrected chi connectivity index (χ0v) is 11.0. The molecule has 0 atom stereocenters. The Hall–Kier alpha value is -1.52. The number of aliphatic carboxylic acids is 1. The van der Waals surface area contributed by atoms with Crippen LogP contribution in [0.2, 0.25) is 0 Å². The van der Waals surface area contributed by atoms with Crippen LogP contribution >= 0.6 is 0 Å². The molecule has 2 nitrogen and oxygen atoms in total.